The Kier molecular flexibility index (Phi) is 7.83. The highest BCUT2D eigenvalue weighted by molar-refractivity contribution is 5.77. The van der Waals surface area contributed by atoms with E-state index in [4.69, 9.17) is 5.11 Å². The summed E-state index contributed by atoms with van der Waals surface area (Å²) in [5.41, 5.74) is 0. The molecule has 0 aromatic heterocycles. The number of carbonyl (C=O) groups is 3. The second-order valence-electron chi connectivity index (χ2n) is 3.43. The molecule has 0 rings (SSSR count). The Bertz CT molecular complexity index is 253. The van der Waals surface area contributed by atoms with Crippen LogP contribution in [0.25, 0.3) is 0 Å². The van der Waals surface area contributed by atoms with Gasteiger partial charge in [0.05, 0.1) is 0 Å². The van der Waals surface area contributed by atoms with Gasteiger partial charge in [0.25, 0.3) is 0 Å². The molecule has 0 unspecified atom stereocenters. The van der Waals surface area contributed by atoms with Gasteiger partial charge in [-0.2, -0.15) is 0 Å². The first-order valence-electron chi connectivity index (χ1n) is 5.25. The Morgan fingerprint density at radius 2 is 1.69 bits per heavy atom. The van der Waals surface area contributed by atoms with Crippen LogP contribution in [0.2, 0.25) is 0 Å². The smallest absolute Gasteiger partial charge is 0.303 e. The van der Waals surface area contributed by atoms with Gasteiger partial charge in [0.15, 0.2) is 0 Å². The molecule has 0 aromatic rings. The third-order valence-electron chi connectivity index (χ3n) is 1.87. The maximum Gasteiger partial charge on any atom is 0.303 e. The van der Waals surface area contributed by atoms with Crippen LogP contribution in [-0.2, 0) is 14.4 Å². The van der Waals surface area contributed by atoms with Gasteiger partial charge in [-0.25, -0.2) is 0 Å². The lowest BCUT2D eigenvalue weighted by Gasteiger charge is -2.04. The summed E-state index contributed by atoms with van der Waals surface area (Å²) in [6.45, 7) is 2.20. The van der Waals surface area contributed by atoms with Crippen LogP contribution in [0.1, 0.15) is 32.6 Å². The molecule has 0 atom stereocenters. The fraction of sp³-hybridized carbons (Fsp3) is 0.700. The third-order valence-corrected chi connectivity index (χ3v) is 1.87. The average molecular weight is 230 g/mol. The van der Waals surface area contributed by atoms with Crippen molar-refractivity contribution in [3.8, 4) is 0 Å². The predicted octanol–water partition coefficient (Wildman–Crippen LogP) is -0.116. The molecule has 0 saturated carbocycles. The van der Waals surface area contributed by atoms with Crippen molar-refractivity contribution in [3.63, 3.8) is 0 Å². The Hall–Kier alpha value is -1.59. The molecule has 2 amide bonds. The second kappa shape index (κ2) is 8.70. The molecule has 0 aliphatic carbocycles. The van der Waals surface area contributed by atoms with Crippen LogP contribution >= 0.6 is 0 Å². The van der Waals surface area contributed by atoms with Gasteiger partial charge in [-0.3, -0.25) is 14.4 Å². The monoisotopic (exact) mass is 230 g/mol. The molecule has 0 fully saturated rings. The van der Waals surface area contributed by atoms with E-state index in [0.29, 0.717) is 25.9 Å². The number of hydrogen-bond acceptors (Lipinski definition) is 3. The number of aliphatic carboxylic acids is 1. The van der Waals surface area contributed by atoms with Crippen molar-refractivity contribution < 1.29 is 19.5 Å². The standard InChI is InChI=1S/C10H18N2O4/c1-8(13)11-7-5-9(14)12-6-3-2-4-10(15)16/h2-7H2,1H3,(H,11,13)(H,12,14)(H,15,16). The molecule has 0 aliphatic rings. The summed E-state index contributed by atoms with van der Waals surface area (Å²) in [6.07, 6.45) is 1.58. The normalized spacial score (nSPS) is 9.56. The van der Waals surface area contributed by atoms with Crippen LogP contribution in [0.4, 0.5) is 0 Å². The van der Waals surface area contributed by atoms with E-state index in [-0.39, 0.29) is 24.7 Å². The Morgan fingerprint density at radius 3 is 2.25 bits per heavy atom. The number of rotatable bonds is 8. The molecular weight excluding hydrogens is 212 g/mol. The Morgan fingerprint density at radius 1 is 1.00 bits per heavy atom. The van der Waals surface area contributed by atoms with Crippen molar-refractivity contribution in [3.05, 3.63) is 0 Å². The van der Waals surface area contributed by atoms with Gasteiger partial charge in [0.1, 0.15) is 0 Å². The number of amides is 2. The molecule has 6 nitrogen and oxygen atoms in total. The largest absolute Gasteiger partial charge is 0.481 e. The van der Waals surface area contributed by atoms with Gasteiger partial charge >= 0.3 is 5.97 Å². The summed E-state index contributed by atoms with van der Waals surface area (Å²) < 4.78 is 0. The summed E-state index contributed by atoms with van der Waals surface area (Å²) in [6, 6.07) is 0. The minimum Gasteiger partial charge on any atom is -0.481 e. The van der Waals surface area contributed by atoms with Crippen LogP contribution in [0, 0.1) is 0 Å². The number of unbranched alkanes of at least 4 members (excludes halogenated alkanes) is 1. The Balaban J connectivity index is 3.30. The highest BCUT2D eigenvalue weighted by atomic mass is 16.4. The Labute approximate surface area is 94.4 Å². The van der Waals surface area contributed by atoms with Crippen molar-refractivity contribution in [2.45, 2.75) is 32.6 Å². The molecular formula is C10H18N2O4. The van der Waals surface area contributed by atoms with Gasteiger partial charge < -0.3 is 15.7 Å². The quantitative estimate of drug-likeness (QED) is 0.507. The highest BCUT2D eigenvalue weighted by Gasteiger charge is 2.01. The van der Waals surface area contributed by atoms with Crippen molar-refractivity contribution >= 4 is 17.8 Å². The molecule has 0 radical (unpaired) electrons. The van der Waals surface area contributed by atoms with Gasteiger partial charge in [-0.15, -0.1) is 0 Å². The molecule has 92 valence electrons. The molecule has 6 heteroatoms. The van der Waals surface area contributed by atoms with E-state index in [1.807, 2.05) is 0 Å². The van der Waals surface area contributed by atoms with E-state index in [1.54, 1.807) is 0 Å². The fourth-order valence-corrected chi connectivity index (χ4v) is 1.07. The van der Waals surface area contributed by atoms with Crippen LogP contribution in [0.3, 0.4) is 0 Å². The lowest BCUT2D eigenvalue weighted by atomic mass is 10.2. The summed E-state index contributed by atoms with van der Waals surface area (Å²) in [7, 11) is 0. The minimum atomic E-state index is -0.822. The van der Waals surface area contributed by atoms with E-state index in [0.717, 1.165) is 0 Å². The second-order valence-corrected chi connectivity index (χ2v) is 3.43. The van der Waals surface area contributed by atoms with E-state index < -0.39 is 5.97 Å². The highest BCUT2D eigenvalue weighted by Crippen LogP contribution is 1.93. The number of carboxylic acid groups (broad SMARTS) is 1. The van der Waals surface area contributed by atoms with Gasteiger partial charge in [-0.05, 0) is 12.8 Å². The van der Waals surface area contributed by atoms with Crippen molar-refractivity contribution in [1.29, 1.82) is 0 Å². The third kappa shape index (κ3) is 10.5. The van der Waals surface area contributed by atoms with Gasteiger partial charge in [-0.1, -0.05) is 0 Å². The van der Waals surface area contributed by atoms with Crippen molar-refractivity contribution in [2.75, 3.05) is 13.1 Å². The van der Waals surface area contributed by atoms with Crippen molar-refractivity contribution in [1.82, 2.24) is 10.6 Å². The number of carboxylic acids is 1. The van der Waals surface area contributed by atoms with Gasteiger partial charge in [0.2, 0.25) is 11.8 Å². The summed E-state index contributed by atoms with van der Waals surface area (Å²) in [5, 5.41) is 13.5. The molecule has 0 bridgehead atoms. The first-order valence-corrected chi connectivity index (χ1v) is 5.25. The predicted molar refractivity (Wildman–Crippen MR) is 57.8 cm³/mol. The maximum absolute atomic E-state index is 11.1. The lowest BCUT2D eigenvalue weighted by molar-refractivity contribution is -0.137. The first kappa shape index (κ1) is 14.4. The fourth-order valence-electron chi connectivity index (χ4n) is 1.07. The summed E-state index contributed by atoms with van der Waals surface area (Å²) in [4.78, 5) is 31.8. The zero-order valence-electron chi connectivity index (χ0n) is 9.41. The van der Waals surface area contributed by atoms with E-state index in [1.165, 1.54) is 6.92 Å². The van der Waals surface area contributed by atoms with E-state index in [2.05, 4.69) is 10.6 Å². The van der Waals surface area contributed by atoms with Crippen LogP contribution < -0.4 is 10.6 Å². The summed E-state index contributed by atoms with van der Waals surface area (Å²) >= 11 is 0. The van der Waals surface area contributed by atoms with E-state index in [9.17, 15) is 14.4 Å². The zero-order chi connectivity index (χ0) is 12.4. The molecule has 0 saturated heterocycles. The van der Waals surface area contributed by atoms with E-state index >= 15 is 0 Å². The van der Waals surface area contributed by atoms with Crippen LogP contribution in [0.15, 0.2) is 0 Å². The summed E-state index contributed by atoms with van der Waals surface area (Å²) in [5.74, 6) is -1.12. The molecule has 0 spiro atoms. The first-order chi connectivity index (χ1) is 7.52. The van der Waals surface area contributed by atoms with Crippen LogP contribution in [-0.4, -0.2) is 36.0 Å². The topological polar surface area (TPSA) is 95.5 Å². The molecule has 0 aliphatic heterocycles. The number of hydrogen-bond donors (Lipinski definition) is 3. The van der Waals surface area contributed by atoms with Gasteiger partial charge in [0, 0.05) is 32.9 Å². The SMILES string of the molecule is CC(=O)NCCC(=O)NCCCCC(=O)O. The molecule has 16 heavy (non-hydrogen) atoms. The van der Waals surface area contributed by atoms with Crippen LogP contribution in [0.5, 0.6) is 0 Å². The molecule has 0 heterocycles. The average Bonchev–Trinajstić information content (AvgIpc) is 2.16. The maximum atomic E-state index is 11.1. The molecule has 3 N–H and O–H groups in total. The minimum absolute atomic E-state index is 0.127. The zero-order valence-corrected chi connectivity index (χ0v) is 9.41. The van der Waals surface area contributed by atoms with Crippen molar-refractivity contribution in [2.24, 2.45) is 0 Å². The number of carbonyl (C=O) groups excluding carboxylic acids is 2. The molecule has 0 aromatic carbocycles. The number of nitrogens with one attached hydrogen (secondary N) is 2. The lowest BCUT2D eigenvalue weighted by Crippen LogP contribution is -2.30.